The predicted octanol–water partition coefficient (Wildman–Crippen LogP) is 1.75. The molecule has 0 bridgehead atoms. The van der Waals surface area contributed by atoms with E-state index in [0.717, 1.165) is 17.7 Å². The SMILES string of the molecule is CCc1ccccc1OCNC(=O)NCCCC(=O)O. The van der Waals surface area contributed by atoms with Gasteiger partial charge in [0.05, 0.1) is 0 Å². The Balaban J connectivity index is 2.20. The van der Waals surface area contributed by atoms with Crippen molar-refractivity contribution in [3.05, 3.63) is 29.8 Å². The minimum Gasteiger partial charge on any atom is -0.481 e. The van der Waals surface area contributed by atoms with Gasteiger partial charge in [0.15, 0.2) is 6.73 Å². The lowest BCUT2D eigenvalue weighted by atomic mass is 10.1. The van der Waals surface area contributed by atoms with Crippen molar-refractivity contribution in [1.29, 1.82) is 0 Å². The van der Waals surface area contributed by atoms with Crippen LogP contribution in [0.25, 0.3) is 0 Å². The lowest BCUT2D eigenvalue weighted by molar-refractivity contribution is -0.137. The molecule has 1 aromatic carbocycles. The van der Waals surface area contributed by atoms with Crippen LogP contribution in [-0.4, -0.2) is 30.4 Å². The number of carboxylic acids is 1. The third-order valence-corrected chi connectivity index (χ3v) is 2.67. The van der Waals surface area contributed by atoms with Crippen LogP contribution in [0.3, 0.4) is 0 Å². The van der Waals surface area contributed by atoms with Crippen LogP contribution in [0.5, 0.6) is 5.75 Å². The zero-order valence-corrected chi connectivity index (χ0v) is 11.5. The average molecular weight is 280 g/mol. The molecule has 0 aliphatic carbocycles. The van der Waals surface area contributed by atoms with Gasteiger partial charge in [-0.15, -0.1) is 0 Å². The van der Waals surface area contributed by atoms with Gasteiger partial charge in [-0.2, -0.15) is 0 Å². The largest absolute Gasteiger partial charge is 0.481 e. The number of benzene rings is 1. The number of rotatable bonds is 8. The fourth-order valence-corrected chi connectivity index (χ4v) is 1.62. The van der Waals surface area contributed by atoms with Gasteiger partial charge in [-0.05, 0) is 24.5 Å². The molecular weight excluding hydrogens is 260 g/mol. The first-order chi connectivity index (χ1) is 9.63. The minimum atomic E-state index is -0.869. The number of para-hydroxylation sites is 1. The number of nitrogens with one attached hydrogen (secondary N) is 2. The summed E-state index contributed by atoms with van der Waals surface area (Å²) in [6, 6.07) is 7.27. The highest BCUT2D eigenvalue weighted by molar-refractivity contribution is 5.73. The van der Waals surface area contributed by atoms with Gasteiger partial charge in [0, 0.05) is 13.0 Å². The van der Waals surface area contributed by atoms with E-state index in [2.05, 4.69) is 10.6 Å². The van der Waals surface area contributed by atoms with E-state index < -0.39 is 5.97 Å². The van der Waals surface area contributed by atoms with E-state index in [4.69, 9.17) is 9.84 Å². The molecule has 6 heteroatoms. The van der Waals surface area contributed by atoms with Gasteiger partial charge in [-0.1, -0.05) is 25.1 Å². The van der Waals surface area contributed by atoms with Gasteiger partial charge in [0.2, 0.25) is 0 Å². The summed E-state index contributed by atoms with van der Waals surface area (Å²) in [6.45, 7) is 2.43. The van der Waals surface area contributed by atoms with E-state index in [-0.39, 0.29) is 19.2 Å². The summed E-state index contributed by atoms with van der Waals surface area (Å²) in [5, 5.41) is 13.6. The smallest absolute Gasteiger partial charge is 0.317 e. The highest BCUT2D eigenvalue weighted by Gasteiger charge is 2.03. The van der Waals surface area contributed by atoms with Crippen molar-refractivity contribution in [2.24, 2.45) is 0 Å². The zero-order chi connectivity index (χ0) is 14.8. The molecule has 0 heterocycles. The quantitative estimate of drug-likeness (QED) is 0.500. The number of urea groups is 1. The van der Waals surface area contributed by atoms with Crippen LogP contribution >= 0.6 is 0 Å². The Morgan fingerprint density at radius 1 is 1.25 bits per heavy atom. The van der Waals surface area contributed by atoms with Gasteiger partial charge in [-0.3, -0.25) is 4.79 Å². The number of hydrogen-bond acceptors (Lipinski definition) is 3. The normalized spacial score (nSPS) is 9.85. The number of ether oxygens (including phenoxy) is 1. The molecule has 0 aromatic heterocycles. The summed E-state index contributed by atoms with van der Waals surface area (Å²) < 4.78 is 5.48. The molecule has 110 valence electrons. The molecule has 3 N–H and O–H groups in total. The highest BCUT2D eigenvalue weighted by Crippen LogP contribution is 2.17. The topological polar surface area (TPSA) is 87.7 Å². The summed E-state index contributed by atoms with van der Waals surface area (Å²) in [5.74, 6) is -0.118. The number of hydrogen-bond donors (Lipinski definition) is 3. The number of carbonyl (C=O) groups excluding carboxylic acids is 1. The van der Waals surface area contributed by atoms with E-state index in [1.165, 1.54) is 0 Å². The second kappa shape index (κ2) is 8.79. The molecular formula is C14H20N2O4. The third-order valence-electron chi connectivity index (χ3n) is 2.67. The first kappa shape index (κ1) is 15.8. The lowest BCUT2D eigenvalue weighted by Crippen LogP contribution is -2.38. The molecule has 2 amide bonds. The van der Waals surface area contributed by atoms with Crippen LogP contribution in [0.4, 0.5) is 4.79 Å². The second-order valence-corrected chi connectivity index (χ2v) is 4.18. The Kier molecular flexibility index (Phi) is 6.95. The maximum atomic E-state index is 11.4. The number of aryl methyl sites for hydroxylation is 1. The van der Waals surface area contributed by atoms with Crippen LogP contribution in [0.1, 0.15) is 25.3 Å². The van der Waals surface area contributed by atoms with E-state index in [1.54, 1.807) is 0 Å². The van der Waals surface area contributed by atoms with Gasteiger partial charge < -0.3 is 20.5 Å². The molecule has 1 aromatic rings. The van der Waals surface area contributed by atoms with Crippen LogP contribution in [0.2, 0.25) is 0 Å². The molecule has 0 saturated heterocycles. The maximum absolute atomic E-state index is 11.4. The Morgan fingerprint density at radius 3 is 2.70 bits per heavy atom. The van der Waals surface area contributed by atoms with E-state index >= 15 is 0 Å². The first-order valence-electron chi connectivity index (χ1n) is 6.57. The van der Waals surface area contributed by atoms with Crippen molar-refractivity contribution >= 4 is 12.0 Å². The minimum absolute atomic E-state index is 0.0423. The van der Waals surface area contributed by atoms with Gasteiger partial charge in [-0.25, -0.2) is 4.79 Å². The number of carboxylic acid groups (broad SMARTS) is 1. The van der Waals surface area contributed by atoms with E-state index in [0.29, 0.717) is 13.0 Å². The monoisotopic (exact) mass is 280 g/mol. The van der Waals surface area contributed by atoms with Crippen molar-refractivity contribution < 1.29 is 19.4 Å². The molecule has 0 fully saturated rings. The number of aliphatic carboxylic acids is 1. The summed E-state index contributed by atoms with van der Waals surface area (Å²) >= 11 is 0. The molecule has 0 aliphatic rings. The van der Waals surface area contributed by atoms with Gasteiger partial charge in [0.1, 0.15) is 5.75 Å². The predicted molar refractivity (Wildman–Crippen MR) is 74.7 cm³/mol. The van der Waals surface area contributed by atoms with Crippen LogP contribution in [0, 0.1) is 0 Å². The van der Waals surface area contributed by atoms with Crippen molar-refractivity contribution in [3.63, 3.8) is 0 Å². The Bertz CT molecular complexity index is 449. The second-order valence-electron chi connectivity index (χ2n) is 4.18. The summed E-state index contributed by atoms with van der Waals surface area (Å²) in [5.41, 5.74) is 1.08. The van der Waals surface area contributed by atoms with Gasteiger partial charge >= 0.3 is 12.0 Å². The summed E-state index contributed by atoms with van der Waals surface area (Å²) in [7, 11) is 0. The highest BCUT2D eigenvalue weighted by atomic mass is 16.5. The number of carbonyl (C=O) groups is 2. The van der Waals surface area contributed by atoms with Crippen LogP contribution in [-0.2, 0) is 11.2 Å². The van der Waals surface area contributed by atoms with Crippen molar-refractivity contribution in [1.82, 2.24) is 10.6 Å². The molecule has 0 radical (unpaired) electrons. The average Bonchev–Trinajstić information content (AvgIpc) is 2.44. The summed E-state index contributed by atoms with van der Waals surface area (Å²) in [4.78, 5) is 21.7. The molecule has 0 saturated carbocycles. The molecule has 6 nitrogen and oxygen atoms in total. The molecule has 0 spiro atoms. The van der Waals surface area contributed by atoms with Crippen LogP contribution in [0.15, 0.2) is 24.3 Å². The molecule has 20 heavy (non-hydrogen) atoms. The first-order valence-corrected chi connectivity index (χ1v) is 6.57. The van der Waals surface area contributed by atoms with Crippen molar-refractivity contribution in [2.75, 3.05) is 13.3 Å². The molecule has 0 unspecified atom stereocenters. The standard InChI is InChI=1S/C14H20N2O4/c1-2-11-6-3-4-7-12(11)20-10-16-14(19)15-9-5-8-13(17)18/h3-4,6-7H,2,5,8-10H2,1H3,(H,17,18)(H2,15,16,19). The summed E-state index contributed by atoms with van der Waals surface area (Å²) in [6.07, 6.45) is 1.31. The molecule has 1 rings (SSSR count). The molecule has 0 aliphatic heterocycles. The van der Waals surface area contributed by atoms with E-state index in [9.17, 15) is 9.59 Å². The molecule has 0 atom stereocenters. The maximum Gasteiger partial charge on any atom is 0.317 e. The Morgan fingerprint density at radius 2 is 2.00 bits per heavy atom. The van der Waals surface area contributed by atoms with Crippen molar-refractivity contribution in [2.45, 2.75) is 26.2 Å². The lowest BCUT2D eigenvalue weighted by Gasteiger charge is -2.11. The number of amides is 2. The fraction of sp³-hybridized carbons (Fsp3) is 0.429. The van der Waals surface area contributed by atoms with Crippen LogP contribution < -0.4 is 15.4 Å². The zero-order valence-electron chi connectivity index (χ0n) is 11.5. The van der Waals surface area contributed by atoms with Crippen molar-refractivity contribution in [3.8, 4) is 5.75 Å². The fourth-order valence-electron chi connectivity index (χ4n) is 1.62. The third kappa shape index (κ3) is 6.08. The Labute approximate surface area is 118 Å². The Hall–Kier alpha value is -2.24. The van der Waals surface area contributed by atoms with Gasteiger partial charge in [0.25, 0.3) is 0 Å². The van der Waals surface area contributed by atoms with E-state index in [1.807, 2.05) is 31.2 Å².